The molecule has 0 radical (unpaired) electrons. The van der Waals surface area contributed by atoms with Crippen LogP contribution in [-0.2, 0) is 6.42 Å². The number of benzene rings is 1. The summed E-state index contributed by atoms with van der Waals surface area (Å²) >= 11 is 0. The van der Waals surface area contributed by atoms with Crippen molar-refractivity contribution in [2.75, 3.05) is 0 Å². The highest BCUT2D eigenvalue weighted by Crippen LogP contribution is 1.96. The number of hydrogen-bond donors (Lipinski definition) is 0. The molecule has 0 amide bonds. The molecule has 0 spiro atoms. The Kier molecular flexibility index (Phi) is 67.3. The highest BCUT2D eigenvalue weighted by atomic mass is 13.9. The van der Waals surface area contributed by atoms with Gasteiger partial charge in [0.05, 0.1) is 0 Å². The molecule has 0 atom stereocenters. The lowest BCUT2D eigenvalue weighted by atomic mass is 10.2. The van der Waals surface area contributed by atoms with Gasteiger partial charge in [-0.25, -0.2) is 0 Å². The fourth-order valence-corrected chi connectivity index (χ4v) is 0.714. The molecule has 0 aromatic heterocycles. The molecule has 0 saturated carbocycles. The molecular weight excluding hydrogens is 240 g/mol. The smallest absolute Gasteiger partial charge is 0.00271 e. The molecule has 0 saturated heterocycles. The van der Waals surface area contributed by atoms with Crippen molar-refractivity contribution in [2.45, 2.75) is 82.6 Å². The van der Waals surface area contributed by atoms with Crippen LogP contribution in [0.5, 0.6) is 0 Å². The summed E-state index contributed by atoms with van der Waals surface area (Å²) in [7, 11) is 0. The summed E-state index contributed by atoms with van der Waals surface area (Å²) in [5.41, 5.74) is 1.41. The zero-order valence-corrected chi connectivity index (χ0v) is 14.8. The maximum atomic E-state index is 2.68. The third kappa shape index (κ3) is 43.7. The molecule has 120 valence electrons. The summed E-state index contributed by atoms with van der Waals surface area (Å²) in [6, 6.07) is 10.5. The largest absolute Gasteiger partial charge is 0.107 e. The first kappa shape index (κ1) is 31.3. The Morgan fingerprint density at radius 1 is 0.750 bits per heavy atom. The van der Waals surface area contributed by atoms with Gasteiger partial charge in [-0.1, -0.05) is 92.6 Å². The first-order valence-electron chi connectivity index (χ1n) is 7.64. The van der Waals surface area contributed by atoms with E-state index in [2.05, 4.69) is 56.9 Å². The summed E-state index contributed by atoms with van der Waals surface area (Å²) in [6.07, 6.45) is 2.39. The lowest BCUT2D eigenvalue weighted by molar-refractivity contribution is 1.09. The van der Waals surface area contributed by atoms with E-state index in [4.69, 9.17) is 0 Å². The van der Waals surface area contributed by atoms with Gasteiger partial charge >= 0.3 is 0 Å². The van der Waals surface area contributed by atoms with Crippen LogP contribution < -0.4 is 0 Å². The van der Waals surface area contributed by atoms with Crippen molar-refractivity contribution in [1.82, 2.24) is 0 Å². The fraction of sp³-hybridized carbons (Fsp3) is 0.600. The number of hydrogen-bond acceptors (Lipinski definition) is 0. The maximum absolute atomic E-state index is 2.68. The lowest BCUT2D eigenvalue weighted by Gasteiger charge is -1.89. The second kappa shape index (κ2) is 43.1. The van der Waals surface area contributed by atoms with E-state index in [9.17, 15) is 0 Å². The molecule has 1 aromatic rings. The van der Waals surface area contributed by atoms with E-state index in [0.717, 1.165) is 6.42 Å². The van der Waals surface area contributed by atoms with Gasteiger partial charge in [0.2, 0.25) is 0 Å². The zero-order valence-electron chi connectivity index (χ0n) is 14.8. The molecular formula is C20H40. The van der Waals surface area contributed by atoms with Gasteiger partial charge in [0.1, 0.15) is 0 Å². The van der Waals surface area contributed by atoms with Gasteiger partial charge < -0.3 is 0 Å². The predicted molar refractivity (Wildman–Crippen MR) is 100 cm³/mol. The van der Waals surface area contributed by atoms with Gasteiger partial charge in [-0.15, -0.1) is 11.8 Å². The molecule has 0 aliphatic rings. The van der Waals surface area contributed by atoms with Gasteiger partial charge in [0.15, 0.2) is 0 Å². The normalized spacial score (nSPS) is 5.85. The lowest BCUT2D eigenvalue weighted by Crippen LogP contribution is -1.73. The van der Waals surface area contributed by atoms with Crippen molar-refractivity contribution in [1.29, 1.82) is 0 Å². The first-order valence-corrected chi connectivity index (χ1v) is 7.64. The van der Waals surface area contributed by atoms with Gasteiger partial charge in [0.25, 0.3) is 0 Å². The van der Waals surface area contributed by atoms with Crippen LogP contribution in [-0.4, -0.2) is 0 Å². The quantitative estimate of drug-likeness (QED) is 0.471. The van der Waals surface area contributed by atoms with Crippen LogP contribution in [0.15, 0.2) is 30.3 Å². The van der Waals surface area contributed by atoms with Crippen molar-refractivity contribution >= 4 is 0 Å². The van der Waals surface area contributed by atoms with Crippen molar-refractivity contribution < 1.29 is 0 Å². The fourth-order valence-electron chi connectivity index (χ4n) is 0.714. The van der Waals surface area contributed by atoms with Crippen LogP contribution in [0.3, 0.4) is 0 Å². The van der Waals surface area contributed by atoms with Gasteiger partial charge in [0, 0.05) is 0 Å². The van der Waals surface area contributed by atoms with E-state index < -0.39 is 0 Å². The SMILES string of the molecule is C.CC.CC.CC#CC.CCC.CCc1ccccc1. The third-order valence-corrected chi connectivity index (χ3v) is 1.50. The molecule has 1 rings (SSSR count). The third-order valence-electron chi connectivity index (χ3n) is 1.50. The molecule has 0 fully saturated rings. The van der Waals surface area contributed by atoms with E-state index in [-0.39, 0.29) is 7.43 Å². The van der Waals surface area contributed by atoms with Crippen molar-refractivity contribution in [3.05, 3.63) is 35.9 Å². The van der Waals surface area contributed by atoms with Crippen LogP contribution >= 0.6 is 0 Å². The van der Waals surface area contributed by atoms with Crippen molar-refractivity contribution in [2.24, 2.45) is 0 Å². The van der Waals surface area contributed by atoms with Crippen LogP contribution in [0.4, 0.5) is 0 Å². The van der Waals surface area contributed by atoms with E-state index in [0.29, 0.717) is 0 Å². The molecule has 1 aromatic carbocycles. The second-order valence-corrected chi connectivity index (χ2v) is 3.05. The number of aryl methyl sites for hydroxylation is 1. The van der Waals surface area contributed by atoms with E-state index in [1.165, 1.54) is 12.0 Å². The summed E-state index contributed by atoms with van der Waals surface area (Å²) in [4.78, 5) is 0. The topological polar surface area (TPSA) is 0 Å². The average Bonchev–Trinajstić information content (AvgIpc) is 2.53. The van der Waals surface area contributed by atoms with Crippen molar-refractivity contribution in [3.63, 3.8) is 0 Å². The van der Waals surface area contributed by atoms with Crippen molar-refractivity contribution in [3.8, 4) is 11.8 Å². The molecule has 0 bridgehead atoms. The Hall–Kier alpha value is -1.22. The summed E-state index contributed by atoms with van der Waals surface area (Å²) in [5, 5.41) is 0. The zero-order chi connectivity index (χ0) is 15.9. The molecule has 0 nitrogen and oxygen atoms in total. The van der Waals surface area contributed by atoms with E-state index in [1.54, 1.807) is 0 Å². The minimum atomic E-state index is 0. The minimum absolute atomic E-state index is 0. The molecule has 0 heteroatoms. The maximum Gasteiger partial charge on any atom is -0.00271 e. The standard InChI is InChI=1S/C8H10.C4H6.C3H8.2C2H6.CH4/c1-2-8-6-4-3-5-7-8;1-3-4-2;1-3-2;2*1-2;/h3-7H,2H2,1H3;1-2H3;3H2,1-2H3;2*1-2H3;1H4. The van der Waals surface area contributed by atoms with Crippen LogP contribution in [0.1, 0.15) is 81.7 Å². The van der Waals surface area contributed by atoms with E-state index in [1.807, 2.05) is 47.6 Å². The molecule has 0 unspecified atom stereocenters. The Morgan fingerprint density at radius 3 is 1.20 bits per heavy atom. The van der Waals surface area contributed by atoms with Crippen LogP contribution in [0.25, 0.3) is 0 Å². The Balaban J connectivity index is -0.0000000541. The Bertz CT molecular complexity index is 242. The summed E-state index contributed by atoms with van der Waals surface area (Å²) in [5.74, 6) is 5.36. The molecule has 0 aliphatic carbocycles. The summed E-state index contributed by atoms with van der Waals surface area (Å²) < 4.78 is 0. The molecule has 0 heterocycles. The van der Waals surface area contributed by atoms with Crippen LogP contribution in [0, 0.1) is 11.8 Å². The molecule has 20 heavy (non-hydrogen) atoms. The summed E-state index contributed by atoms with van der Waals surface area (Å²) in [6.45, 7) is 18.1. The second-order valence-electron chi connectivity index (χ2n) is 3.05. The van der Waals surface area contributed by atoms with Gasteiger partial charge in [-0.2, -0.15) is 0 Å². The van der Waals surface area contributed by atoms with Gasteiger partial charge in [-0.3, -0.25) is 0 Å². The Labute approximate surface area is 131 Å². The average molecular weight is 281 g/mol. The first-order chi connectivity index (χ1) is 9.26. The predicted octanol–water partition coefficient (Wildman–Crippen LogP) is 7.38. The van der Waals surface area contributed by atoms with E-state index >= 15 is 0 Å². The molecule has 0 N–H and O–H groups in total. The monoisotopic (exact) mass is 280 g/mol. The molecule has 0 aliphatic heterocycles. The Morgan fingerprint density at radius 2 is 1.05 bits per heavy atom. The van der Waals surface area contributed by atoms with Crippen LogP contribution in [0.2, 0.25) is 0 Å². The number of rotatable bonds is 1. The highest BCUT2D eigenvalue weighted by Gasteiger charge is 1.79. The highest BCUT2D eigenvalue weighted by molar-refractivity contribution is 5.13. The minimum Gasteiger partial charge on any atom is -0.107 e. The van der Waals surface area contributed by atoms with Gasteiger partial charge in [-0.05, 0) is 25.8 Å².